The molecule has 0 aliphatic rings. The highest BCUT2D eigenvalue weighted by Crippen LogP contribution is 2.27. The standard InChI is InChI=1S/C17H27N3O4.HI/c1-22-14-9-8-13(11-15(14)23-2)12-20-17(18)19-10-6-4-5-7-16(21)24-3;/h8-9,11H,4-7,10,12H2,1-3H3,(H3,18,19,20);1H. The van der Waals surface area contributed by atoms with E-state index in [-0.39, 0.29) is 29.9 Å². The van der Waals surface area contributed by atoms with Crippen molar-refractivity contribution in [3.05, 3.63) is 23.8 Å². The van der Waals surface area contributed by atoms with Crippen LogP contribution in [0, 0.1) is 0 Å². The third-order valence-electron chi connectivity index (χ3n) is 3.47. The Morgan fingerprint density at radius 3 is 2.48 bits per heavy atom. The van der Waals surface area contributed by atoms with Crippen molar-refractivity contribution >= 4 is 35.9 Å². The van der Waals surface area contributed by atoms with Crippen LogP contribution < -0.4 is 20.5 Å². The molecule has 3 N–H and O–H groups in total. The number of ether oxygens (including phenoxy) is 3. The highest BCUT2D eigenvalue weighted by atomic mass is 127. The maximum Gasteiger partial charge on any atom is 0.305 e. The Hall–Kier alpha value is -1.71. The number of hydrogen-bond donors (Lipinski definition) is 2. The summed E-state index contributed by atoms with van der Waals surface area (Å²) in [4.78, 5) is 15.3. The number of nitrogens with two attached hydrogens (primary N) is 1. The quantitative estimate of drug-likeness (QED) is 0.181. The number of benzene rings is 1. The van der Waals surface area contributed by atoms with Gasteiger partial charge in [0.25, 0.3) is 0 Å². The third kappa shape index (κ3) is 9.37. The SMILES string of the molecule is COC(=O)CCCCCNC(N)=NCc1ccc(OC)c(OC)c1.I. The lowest BCUT2D eigenvalue weighted by Gasteiger charge is -2.09. The van der Waals surface area contributed by atoms with Gasteiger partial charge in [-0.25, -0.2) is 4.99 Å². The van der Waals surface area contributed by atoms with E-state index in [1.165, 1.54) is 7.11 Å². The van der Waals surface area contributed by atoms with E-state index in [4.69, 9.17) is 15.2 Å². The summed E-state index contributed by atoms with van der Waals surface area (Å²) in [6.07, 6.45) is 3.13. The Labute approximate surface area is 166 Å². The molecule has 0 saturated carbocycles. The fourth-order valence-corrected chi connectivity index (χ4v) is 2.10. The summed E-state index contributed by atoms with van der Waals surface area (Å²) in [5.74, 6) is 1.59. The lowest BCUT2D eigenvalue weighted by Crippen LogP contribution is -2.32. The van der Waals surface area contributed by atoms with Crippen LogP contribution in [-0.4, -0.2) is 39.8 Å². The van der Waals surface area contributed by atoms with Crippen molar-refractivity contribution in [2.75, 3.05) is 27.9 Å². The molecule has 7 nitrogen and oxygen atoms in total. The number of carbonyl (C=O) groups excluding carboxylic acids is 1. The minimum atomic E-state index is -0.168. The predicted molar refractivity (Wildman–Crippen MR) is 109 cm³/mol. The number of rotatable bonds is 10. The molecule has 142 valence electrons. The number of methoxy groups -OCH3 is 3. The molecule has 0 radical (unpaired) electrons. The molecule has 0 heterocycles. The molecular formula is C17H28IN3O4. The van der Waals surface area contributed by atoms with Gasteiger partial charge in [-0.05, 0) is 30.5 Å². The summed E-state index contributed by atoms with van der Waals surface area (Å²) in [7, 11) is 4.60. The first-order valence-electron chi connectivity index (χ1n) is 7.92. The molecular weight excluding hydrogens is 437 g/mol. The summed E-state index contributed by atoms with van der Waals surface area (Å²) in [5.41, 5.74) is 6.82. The van der Waals surface area contributed by atoms with Gasteiger partial charge in [-0.15, -0.1) is 24.0 Å². The van der Waals surface area contributed by atoms with Crippen LogP contribution in [0.3, 0.4) is 0 Å². The number of nitrogens with zero attached hydrogens (tertiary/aromatic N) is 1. The van der Waals surface area contributed by atoms with Crippen LogP contribution in [0.15, 0.2) is 23.2 Å². The highest BCUT2D eigenvalue weighted by molar-refractivity contribution is 14.0. The normalized spacial score (nSPS) is 10.6. The minimum Gasteiger partial charge on any atom is -0.493 e. The summed E-state index contributed by atoms with van der Waals surface area (Å²) >= 11 is 0. The molecule has 0 aliphatic carbocycles. The smallest absolute Gasteiger partial charge is 0.305 e. The Balaban J connectivity index is 0.00000576. The Bertz CT molecular complexity index is 553. The van der Waals surface area contributed by atoms with E-state index in [1.807, 2.05) is 18.2 Å². The Morgan fingerprint density at radius 1 is 1.12 bits per heavy atom. The fraction of sp³-hybridized carbons (Fsp3) is 0.529. The molecule has 0 spiro atoms. The Kier molecular flexibility index (Phi) is 12.6. The zero-order valence-electron chi connectivity index (χ0n) is 15.0. The van der Waals surface area contributed by atoms with Gasteiger partial charge in [0.15, 0.2) is 17.5 Å². The molecule has 0 aliphatic heterocycles. The first kappa shape index (κ1) is 23.3. The van der Waals surface area contributed by atoms with E-state index in [1.54, 1.807) is 14.2 Å². The number of carbonyl (C=O) groups is 1. The van der Waals surface area contributed by atoms with Gasteiger partial charge in [0.1, 0.15) is 0 Å². The molecule has 25 heavy (non-hydrogen) atoms. The molecule has 0 unspecified atom stereocenters. The van der Waals surface area contributed by atoms with Crippen molar-refractivity contribution in [1.29, 1.82) is 0 Å². The van der Waals surface area contributed by atoms with Crippen LogP contribution in [0.5, 0.6) is 11.5 Å². The van der Waals surface area contributed by atoms with Crippen molar-refractivity contribution in [1.82, 2.24) is 5.32 Å². The summed E-state index contributed by atoms with van der Waals surface area (Å²) in [5, 5.41) is 3.06. The van der Waals surface area contributed by atoms with E-state index in [2.05, 4.69) is 15.0 Å². The lowest BCUT2D eigenvalue weighted by molar-refractivity contribution is -0.140. The van der Waals surface area contributed by atoms with Gasteiger partial charge < -0.3 is 25.3 Å². The average Bonchev–Trinajstić information content (AvgIpc) is 2.62. The monoisotopic (exact) mass is 465 g/mol. The molecule has 0 bridgehead atoms. The molecule has 0 atom stereocenters. The first-order chi connectivity index (χ1) is 11.6. The van der Waals surface area contributed by atoms with Crippen molar-refractivity contribution in [2.24, 2.45) is 10.7 Å². The maximum absolute atomic E-state index is 11.0. The maximum atomic E-state index is 11.0. The Morgan fingerprint density at radius 2 is 1.84 bits per heavy atom. The molecule has 0 saturated heterocycles. The van der Waals surface area contributed by atoms with E-state index >= 15 is 0 Å². The van der Waals surface area contributed by atoms with Gasteiger partial charge >= 0.3 is 5.97 Å². The number of hydrogen-bond acceptors (Lipinski definition) is 5. The number of halogens is 1. The fourth-order valence-electron chi connectivity index (χ4n) is 2.10. The second-order valence-corrected chi connectivity index (χ2v) is 5.20. The predicted octanol–water partition coefficient (Wildman–Crippen LogP) is 2.46. The highest BCUT2D eigenvalue weighted by Gasteiger charge is 2.04. The van der Waals surface area contributed by atoms with Gasteiger partial charge in [-0.3, -0.25) is 4.79 Å². The van der Waals surface area contributed by atoms with Crippen molar-refractivity contribution < 1.29 is 19.0 Å². The van der Waals surface area contributed by atoms with Crippen LogP contribution in [0.2, 0.25) is 0 Å². The zero-order chi connectivity index (χ0) is 17.8. The van der Waals surface area contributed by atoms with Crippen molar-refractivity contribution in [2.45, 2.75) is 32.2 Å². The van der Waals surface area contributed by atoms with Crippen molar-refractivity contribution in [3.8, 4) is 11.5 Å². The van der Waals surface area contributed by atoms with Gasteiger partial charge in [-0.2, -0.15) is 0 Å². The van der Waals surface area contributed by atoms with Crippen LogP contribution in [0.1, 0.15) is 31.2 Å². The number of guanidine groups is 1. The van der Waals surface area contributed by atoms with Crippen LogP contribution in [0.25, 0.3) is 0 Å². The average molecular weight is 465 g/mol. The van der Waals surface area contributed by atoms with E-state index < -0.39 is 0 Å². The number of unbranched alkanes of at least 4 members (excludes halogenated alkanes) is 2. The second kappa shape index (κ2) is 13.6. The number of aliphatic imine (C=N–C) groups is 1. The number of nitrogens with one attached hydrogen (secondary N) is 1. The molecule has 1 rings (SSSR count). The third-order valence-corrected chi connectivity index (χ3v) is 3.47. The zero-order valence-corrected chi connectivity index (χ0v) is 17.4. The topological polar surface area (TPSA) is 95.2 Å². The molecule has 1 aromatic rings. The molecule has 1 aromatic carbocycles. The second-order valence-electron chi connectivity index (χ2n) is 5.20. The lowest BCUT2D eigenvalue weighted by atomic mass is 10.2. The van der Waals surface area contributed by atoms with Crippen LogP contribution in [0.4, 0.5) is 0 Å². The molecule has 0 fully saturated rings. The van der Waals surface area contributed by atoms with Crippen molar-refractivity contribution in [3.63, 3.8) is 0 Å². The first-order valence-corrected chi connectivity index (χ1v) is 7.92. The summed E-state index contributed by atoms with van der Waals surface area (Å²) in [6.45, 7) is 1.18. The molecule has 0 amide bonds. The van der Waals surface area contributed by atoms with Crippen LogP contribution >= 0.6 is 24.0 Å². The summed E-state index contributed by atoms with van der Waals surface area (Å²) < 4.78 is 15.0. The van der Waals surface area contributed by atoms with E-state index in [9.17, 15) is 4.79 Å². The van der Waals surface area contributed by atoms with Gasteiger partial charge in [-0.1, -0.05) is 12.5 Å². The van der Waals surface area contributed by atoms with Gasteiger partial charge in [0.2, 0.25) is 0 Å². The van der Waals surface area contributed by atoms with E-state index in [0.29, 0.717) is 30.4 Å². The minimum absolute atomic E-state index is 0. The summed E-state index contributed by atoms with van der Waals surface area (Å²) in [6, 6.07) is 5.64. The van der Waals surface area contributed by atoms with E-state index in [0.717, 1.165) is 31.4 Å². The van der Waals surface area contributed by atoms with Crippen LogP contribution in [-0.2, 0) is 16.1 Å². The van der Waals surface area contributed by atoms with Gasteiger partial charge in [0, 0.05) is 13.0 Å². The molecule has 8 heteroatoms. The van der Waals surface area contributed by atoms with Gasteiger partial charge in [0.05, 0.1) is 27.9 Å². The number of esters is 1. The largest absolute Gasteiger partial charge is 0.493 e. The molecule has 0 aromatic heterocycles.